The second-order valence-electron chi connectivity index (χ2n) is 5.38. The fourth-order valence-electron chi connectivity index (χ4n) is 2.82. The molecule has 2 aromatic rings. The number of hydrogen-bond donors (Lipinski definition) is 2. The van der Waals surface area contributed by atoms with Gasteiger partial charge < -0.3 is 5.11 Å². The van der Waals surface area contributed by atoms with E-state index < -0.39 is 16.1 Å². The lowest BCUT2D eigenvalue weighted by Crippen LogP contribution is -2.31. The van der Waals surface area contributed by atoms with Crippen molar-refractivity contribution < 1.29 is 13.5 Å². The molecule has 0 radical (unpaired) electrons. The summed E-state index contributed by atoms with van der Waals surface area (Å²) in [7, 11) is -3.62. The van der Waals surface area contributed by atoms with Crippen LogP contribution < -0.4 is 4.72 Å². The largest absolute Gasteiger partial charge is 0.392 e. The minimum atomic E-state index is -3.62. The number of aryl methyl sites for hydroxylation is 2. The molecule has 0 aliphatic heterocycles. The van der Waals surface area contributed by atoms with Crippen molar-refractivity contribution in [2.75, 3.05) is 6.54 Å². The lowest BCUT2D eigenvalue weighted by Gasteiger charge is -2.13. The second kappa shape index (κ2) is 5.35. The molecule has 0 saturated heterocycles. The molecule has 2 aromatic carbocycles. The van der Waals surface area contributed by atoms with Crippen molar-refractivity contribution in [2.24, 2.45) is 0 Å². The number of sulfonamides is 1. The van der Waals surface area contributed by atoms with Gasteiger partial charge in [0.15, 0.2) is 0 Å². The van der Waals surface area contributed by atoms with Gasteiger partial charge in [-0.05, 0) is 47.7 Å². The van der Waals surface area contributed by atoms with E-state index in [0.29, 0.717) is 4.90 Å². The second-order valence-corrected chi connectivity index (χ2v) is 7.97. The van der Waals surface area contributed by atoms with Gasteiger partial charge in [-0.1, -0.05) is 34.1 Å². The van der Waals surface area contributed by atoms with Crippen molar-refractivity contribution in [1.82, 2.24) is 4.72 Å². The third kappa shape index (κ3) is 2.61. The van der Waals surface area contributed by atoms with Crippen molar-refractivity contribution >= 4 is 36.7 Å². The molecule has 1 aliphatic carbocycles. The van der Waals surface area contributed by atoms with Gasteiger partial charge in [0.1, 0.15) is 0 Å². The summed E-state index contributed by atoms with van der Waals surface area (Å²) in [6, 6.07) is 7.71. The number of benzene rings is 2. The maximum atomic E-state index is 12.5. The van der Waals surface area contributed by atoms with Crippen LogP contribution in [0.5, 0.6) is 0 Å². The Morgan fingerprint density at radius 1 is 1.38 bits per heavy atom. The van der Waals surface area contributed by atoms with E-state index in [1.54, 1.807) is 13.0 Å². The monoisotopic (exact) mass is 369 g/mol. The maximum Gasteiger partial charge on any atom is 0.240 e. The molecule has 0 bridgehead atoms. The molecule has 6 heteroatoms. The predicted molar refractivity (Wildman–Crippen MR) is 85.9 cm³/mol. The molecule has 2 N–H and O–H groups in total. The van der Waals surface area contributed by atoms with E-state index in [9.17, 15) is 13.5 Å². The molecule has 3 rings (SSSR count). The van der Waals surface area contributed by atoms with Crippen molar-refractivity contribution in [3.05, 3.63) is 39.9 Å². The van der Waals surface area contributed by atoms with E-state index in [0.717, 1.165) is 33.7 Å². The first-order valence-corrected chi connectivity index (χ1v) is 9.08. The standard InChI is InChI=1S/C15H16BrNO3S/c1-9(18)8-17-21(19,20)14-7-13(16)11-4-2-3-10-5-6-12(14)15(10)11/h2-4,7,9,17-18H,5-6,8H2,1H3. The van der Waals surface area contributed by atoms with E-state index in [1.165, 1.54) is 5.56 Å². The third-order valence-corrected chi connectivity index (χ3v) is 5.91. The highest BCUT2D eigenvalue weighted by Gasteiger charge is 2.26. The van der Waals surface area contributed by atoms with Gasteiger partial charge in [-0.2, -0.15) is 0 Å². The number of nitrogens with one attached hydrogen (secondary N) is 1. The van der Waals surface area contributed by atoms with Gasteiger partial charge in [0, 0.05) is 11.0 Å². The van der Waals surface area contributed by atoms with Gasteiger partial charge in [-0.3, -0.25) is 0 Å². The minimum Gasteiger partial charge on any atom is -0.392 e. The van der Waals surface area contributed by atoms with Crippen LogP contribution in [0.4, 0.5) is 0 Å². The van der Waals surface area contributed by atoms with Crippen LogP contribution >= 0.6 is 15.9 Å². The highest BCUT2D eigenvalue weighted by atomic mass is 79.9. The first-order chi connectivity index (χ1) is 9.90. The zero-order valence-corrected chi connectivity index (χ0v) is 14.0. The molecule has 1 aliphatic rings. The molecule has 0 spiro atoms. The Morgan fingerprint density at radius 2 is 2.14 bits per heavy atom. The zero-order valence-electron chi connectivity index (χ0n) is 11.6. The van der Waals surface area contributed by atoms with Crippen LogP contribution in [-0.2, 0) is 22.9 Å². The molecule has 0 saturated carbocycles. The topological polar surface area (TPSA) is 66.4 Å². The minimum absolute atomic E-state index is 0.0130. The number of aliphatic hydroxyl groups excluding tert-OH is 1. The summed E-state index contributed by atoms with van der Waals surface area (Å²) in [5, 5.41) is 11.4. The number of rotatable bonds is 4. The van der Waals surface area contributed by atoms with E-state index >= 15 is 0 Å². The Hall–Kier alpha value is -0.950. The first kappa shape index (κ1) is 15.0. The summed E-state index contributed by atoms with van der Waals surface area (Å²) < 4.78 is 28.2. The molecular formula is C15H16BrNO3S. The van der Waals surface area contributed by atoms with Gasteiger partial charge in [-0.15, -0.1) is 0 Å². The average Bonchev–Trinajstić information content (AvgIpc) is 2.85. The van der Waals surface area contributed by atoms with Gasteiger partial charge in [0.05, 0.1) is 11.0 Å². The molecule has 0 heterocycles. The lowest BCUT2D eigenvalue weighted by atomic mass is 10.1. The van der Waals surface area contributed by atoms with Gasteiger partial charge in [0.25, 0.3) is 0 Å². The fraction of sp³-hybridized carbons (Fsp3) is 0.333. The summed E-state index contributed by atoms with van der Waals surface area (Å²) >= 11 is 3.47. The van der Waals surface area contributed by atoms with Crippen LogP contribution in [0.25, 0.3) is 10.8 Å². The Balaban J connectivity index is 2.18. The highest BCUT2D eigenvalue weighted by Crippen LogP contribution is 2.39. The Morgan fingerprint density at radius 3 is 2.86 bits per heavy atom. The van der Waals surface area contributed by atoms with Crippen LogP contribution in [0.15, 0.2) is 33.6 Å². The summed E-state index contributed by atoms with van der Waals surface area (Å²) in [6.07, 6.45) is 0.878. The van der Waals surface area contributed by atoms with E-state index in [2.05, 4.69) is 20.7 Å². The summed E-state index contributed by atoms with van der Waals surface area (Å²) in [6.45, 7) is 1.56. The van der Waals surface area contributed by atoms with Crippen LogP contribution in [-0.4, -0.2) is 26.2 Å². The van der Waals surface area contributed by atoms with Crippen molar-refractivity contribution in [3.63, 3.8) is 0 Å². The van der Waals surface area contributed by atoms with Gasteiger partial charge in [0.2, 0.25) is 10.0 Å². The number of halogens is 1. The van der Waals surface area contributed by atoms with E-state index in [-0.39, 0.29) is 6.54 Å². The molecule has 21 heavy (non-hydrogen) atoms. The molecule has 0 aromatic heterocycles. The van der Waals surface area contributed by atoms with E-state index in [4.69, 9.17) is 0 Å². The number of hydrogen-bond acceptors (Lipinski definition) is 3. The molecule has 0 amide bonds. The summed E-state index contributed by atoms with van der Waals surface area (Å²) in [5.74, 6) is 0. The van der Waals surface area contributed by atoms with Gasteiger partial charge >= 0.3 is 0 Å². The average molecular weight is 370 g/mol. The Kier molecular flexibility index (Phi) is 3.81. The van der Waals surface area contributed by atoms with E-state index in [1.807, 2.05) is 18.2 Å². The van der Waals surface area contributed by atoms with Crippen LogP contribution in [0, 0.1) is 0 Å². The quantitative estimate of drug-likeness (QED) is 0.869. The van der Waals surface area contributed by atoms with Crippen LogP contribution in [0.3, 0.4) is 0 Å². The van der Waals surface area contributed by atoms with Gasteiger partial charge in [-0.25, -0.2) is 13.1 Å². The Bertz CT molecular complexity index is 815. The van der Waals surface area contributed by atoms with Crippen molar-refractivity contribution in [1.29, 1.82) is 0 Å². The fourth-order valence-corrected chi connectivity index (χ4v) is 4.95. The molecule has 1 unspecified atom stereocenters. The number of aliphatic hydroxyl groups is 1. The molecular weight excluding hydrogens is 354 g/mol. The van der Waals surface area contributed by atoms with Crippen molar-refractivity contribution in [3.8, 4) is 0 Å². The smallest absolute Gasteiger partial charge is 0.240 e. The molecule has 112 valence electrons. The lowest BCUT2D eigenvalue weighted by molar-refractivity contribution is 0.198. The summed E-state index contributed by atoms with van der Waals surface area (Å²) in [5.41, 5.74) is 2.07. The normalized spacial score (nSPS) is 15.6. The first-order valence-electron chi connectivity index (χ1n) is 6.81. The Labute approximate surface area is 132 Å². The van der Waals surface area contributed by atoms with Crippen molar-refractivity contribution in [2.45, 2.75) is 30.8 Å². The van der Waals surface area contributed by atoms with Crippen LogP contribution in [0.2, 0.25) is 0 Å². The highest BCUT2D eigenvalue weighted by molar-refractivity contribution is 9.10. The molecule has 4 nitrogen and oxygen atoms in total. The molecule has 0 fully saturated rings. The maximum absolute atomic E-state index is 12.5. The SMILES string of the molecule is CC(O)CNS(=O)(=O)c1cc(Br)c2cccc3c2c1CC3. The predicted octanol–water partition coefficient (Wildman–Crippen LogP) is 2.36. The zero-order chi connectivity index (χ0) is 15.2. The summed E-state index contributed by atoms with van der Waals surface area (Å²) in [4.78, 5) is 0.312. The molecule has 1 atom stereocenters. The van der Waals surface area contributed by atoms with Crippen LogP contribution in [0.1, 0.15) is 18.1 Å². The third-order valence-electron chi connectivity index (χ3n) is 3.77.